The molecule has 3 aliphatic heterocycles. The monoisotopic (exact) mass is 404 g/mol. The molecule has 3 aliphatic rings. The number of carbonyl (C=O) groups excluding carboxylic acids is 1. The molecule has 1 N–H and O–H groups in total. The third-order valence-corrected chi connectivity index (χ3v) is 6.76. The first-order chi connectivity index (χ1) is 14.6. The number of fused-ring (bicyclic) bond motifs is 3. The summed E-state index contributed by atoms with van der Waals surface area (Å²) in [6.45, 7) is 4.87. The van der Waals surface area contributed by atoms with Crippen molar-refractivity contribution in [2.24, 2.45) is 13.0 Å². The predicted octanol–water partition coefficient (Wildman–Crippen LogP) is 3.60. The Balaban J connectivity index is 1.24. The van der Waals surface area contributed by atoms with Crippen LogP contribution in [0.15, 0.2) is 53.1 Å². The lowest BCUT2D eigenvalue weighted by molar-refractivity contribution is 0.0280. The molecule has 1 aromatic carbocycles. The largest absolute Gasteiger partial charge is 0.463 e. The Morgan fingerprint density at radius 1 is 1.27 bits per heavy atom. The molecule has 2 bridgehead atoms. The van der Waals surface area contributed by atoms with Crippen molar-refractivity contribution in [3.63, 3.8) is 0 Å². The minimum Gasteiger partial charge on any atom is -0.463 e. The van der Waals surface area contributed by atoms with Crippen LogP contribution in [0.25, 0.3) is 11.5 Å². The molecule has 1 amide bonds. The van der Waals surface area contributed by atoms with Crippen LogP contribution in [0, 0.1) is 12.8 Å². The molecule has 156 valence electrons. The van der Waals surface area contributed by atoms with Gasteiger partial charge < -0.3 is 9.73 Å². The molecule has 3 saturated heterocycles. The minimum absolute atomic E-state index is 0.0175. The maximum atomic E-state index is 12.5. The van der Waals surface area contributed by atoms with E-state index in [9.17, 15) is 4.79 Å². The molecule has 6 heteroatoms. The van der Waals surface area contributed by atoms with Gasteiger partial charge in [-0.05, 0) is 62.6 Å². The summed E-state index contributed by atoms with van der Waals surface area (Å²) in [4.78, 5) is 15.0. The van der Waals surface area contributed by atoms with Crippen LogP contribution in [0.4, 0.5) is 0 Å². The number of carbonyl (C=O) groups is 1. The van der Waals surface area contributed by atoms with E-state index >= 15 is 0 Å². The standard InChI is InChI=1S/C24H28N4O2/c1-16-5-7-17(8-6-16)24(29)25-14-19-12-18-9-10-28(19)15-20(18)22-13-21(26-27(22)2)23-4-3-11-30-23/h3-8,11,13,18-20H,9-10,12,14-15H2,1-2H3,(H,25,29). The molecule has 0 spiro atoms. The summed E-state index contributed by atoms with van der Waals surface area (Å²) in [5.74, 6) is 1.93. The van der Waals surface area contributed by atoms with Gasteiger partial charge in [0, 0.05) is 43.4 Å². The van der Waals surface area contributed by atoms with E-state index in [0.29, 0.717) is 24.4 Å². The molecule has 6 rings (SSSR count). The van der Waals surface area contributed by atoms with Crippen molar-refractivity contribution in [2.45, 2.75) is 31.7 Å². The summed E-state index contributed by atoms with van der Waals surface area (Å²) in [6, 6.07) is 14.2. The molecule has 0 aliphatic carbocycles. The first-order valence-electron chi connectivity index (χ1n) is 10.7. The average Bonchev–Trinajstić information content (AvgIpc) is 3.43. The fourth-order valence-corrected chi connectivity index (χ4v) is 5.08. The van der Waals surface area contributed by atoms with Crippen LogP contribution in [0.3, 0.4) is 0 Å². The highest BCUT2D eigenvalue weighted by atomic mass is 16.3. The van der Waals surface area contributed by atoms with Crippen molar-refractivity contribution in [2.75, 3.05) is 19.6 Å². The van der Waals surface area contributed by atoms with Gasteiger partial charge in [0.1, 0.15) is 5.69 Å². The zero-order chi connectivity index (χ0) is 20.7. The fourth-order valence-electron chi connectivity index (χ4n) is 5.08. The summed E-state index contributed by atoms with van der Waals surface area (Å²) in [5.41, 5.74) is 4.07. The van der Waals surface area contributed by atoms with E-state index < -0.39 is 0 Å². The number of aromatic nitrogens is 2. The van der Waals surface area contributed by atoms with Gasteiger partial charge in [-0.2, -0.15) is 5.10 Å². The zero-order valence-corrected chi connectivity index (χ0v) is 17.5. The number of aryl methyl sites for hydroxylation is 2. The minimum atomic E-state index is 0.0175. The Kier molecular flexibility index (Phi) is 4.95. The fraction of sp³-hybridized carbons (Fsp3) is 0.417. The Morgan fingerprint density at radius 2 is 2.10 bits per heavy atom. The van der Waals surface area contributed by atoms with E-state index in [2.05, 4.69) is 21.4 Å². The van der Waals surface area contributed by atoms with E-state index in [1.54, 1.807) is 6.26 Å². The Hall–Kier alpha value is -2.86. The van der Waals surface area contributed by atoms with Crippen LogP contribution >= 0.6 is 0 Å². The summed E-state index contributed by atoms with van der Waals surface area (Å²) < 4.78 is 7.54. The third kappa shape index (κ3) is 3.56. The summed E-state index contributed by atoms with van der Waals surface area (Å²) in [7, 11) is 2.03. The highest BCUT2D eigenvalue weighted by Crippen LogP contribution is 2.42. The molecule has 30 heavy (non-hydrogen) atoms. The second-order valence-electron chi connectivity index (χ2n) is 8.67. The Morgan fingerprint density at radius 3 is 2.80 bits per heavy atom. The van der Waals surface area contributed by atoms with E-state index in [0.717, 1.165) is 36.5 Å². The molecule has 4 unspecified atom stereocenters. The van der Waals surface area contributed by atoms with Gasteiger partial charge in [-0.25, -0.2) is 0 Å². The quantitative estimate of drug-likeness (QED) is 0.706. The maximum absolute atomic E-state index is 12.5. The number of piperidine rings is 3. The van der Waals surface area contributed by atoms with Crippen molar-refractivity contribution >= 4 is 5.91 Å². The highest BCUT2D eigenvalue weighted by Gasteiger charge is 2.41. The van der Waals surface area contributed by atoms with Gasteiger partial charge in [0.15, 0.2) is 5.76 Å². The Bertz CT molecular complexity index is 1020. The normalized spacial score (nSPS) is 25.4. The van der Waals surface area contributed by atoms with Crippen molar-refractivity contribution in [3.05, 3.63) is 65.5 Å². The number of amides is 1. The summed E-state index contributed by atoms with van der Waals surface area (Å²) in [5, 5.41) is 7.83. The first kappa shape index (κ1) is 19.1. The molecular formula is C24H28N4O2. The van der Waals surface area contributed by atoms with Crippen LogP contribution < -0.4 is 5.32 Å². The molecule has 0 radical (unpaired) electrons. The van der Waals surface area contributed by atoms with Gasteiger partial charge in [0.2, 0.25) is 0 Å². The molecule has 3 fully saturated rings. The Labute approximate surface area is 176 Å². The third-order valence-electron chi connectivity index (χ3n) is 6.76. The number of hydrogen-bond acceptors (Lipinski definition) is 4. The second kappa shape index (κ2) is 7.76. The molecule has 6 nitrogen and oxygen atoms in total. The maximum Gasteiger partial charge on any atom is 0.251 e. The number of rotatable bonds is 5. The van der Waals surface area contributed by atoms with Crippen LogP contribution in [-0.4, -0.2) is 46.3 Å². The molecular weight excluding hydrogens is 376 g/mol. The van der Waals surface area contributed by atoms with Crippen molar-refractivity contribution in [3.8, 4) is 11.5 Å². The van der Waals surface area contributed by atoms with E-state index in [1.807, 2.05) is 55.1 Å². The molecule has 2 aromatic heterocycles. The van der Waals surface area contributed by atoms with Crippen molar-refractivity contribution in [1.82, 2.24) is 20.0 Å². The lowest BCUT2D eigenvalue weighted by Gasteiger charge is -2.50. The number of hydrogen-bond donors (Lipinski definition) is 1. The molecule has 0 saturated carbocycles. The van der Waals surface area contributed by atoms with Gasteiger partial charge in [-0.1, -0.05) is 17.7 Å². The van der Waals surface area contributed by atoms with Crippen LogP contribution in [0.5, 0.6) is 0 Å². The lowest BCUT2D eigenvalue weighted by Crippen LogP contribution is -2.56. The van der Waals surface area contributed by atoms with Gasteiger partial charge >= 0.3 is 0 Å². The summed E-state index contributed by atoms with van der Waals surface area (Å²) >= 11 is 0. The van der Waals surface area contributed by atoms with Gasteiger partial charge in [-0.3, -0.25) is 14.4 Å². The van der Waals surface area contributed by atoms with E-state index in [-0.39, 0.29) is 5.91 Å². The number of furan rings is 1. The first-order valence-corrected chi connectivity index (χ1v) is 10.7. The van der Waals surface area contributed by atoms with Crippen molar-refractivity contribution in [1.29, 1.82) is 0 Å². The van der Waals surface area contributed by atoms with E-state index in [4.69, 9.17) is 4.42 Å². The highest BCUT2D eigenvalue weighted by molar-refractivity contribution is 5.94. The zero-order valence-electron chi connectivity index (χ0n) is 17.5. The number of benzene rings is 1. The van der Waals surface area contributed by atoms with Gasteiger partial charge in [0.05, 0.1) is 6.26 Å². The second-order valence-corrected chi connectivity index (χ2v) is 8.67. The molecule has 5 heterocycles. The summed E-state index contributed by atoms with van der Waals surface area (Å²) in [6.07, 6.45) is 4.00. The van der Waals surface area contributed by atoms with Crippen molar-refractivity contribution < 1.29 is 9.21 Å². The lowest BCUT2D eigenvalue weighted by atomic mass is 9.74. The average molecular weight is 405 g/mol. The number of nitrogens with one attached hydrogen (secondary N) is 1. The van der Waals surface area contributed by atoms with Gasteiger partial charge in [-0.15, -0.1) is 0 Å². The number of nitrogens with zero attached hydrogens (tertiary/aromatic N) is 3. The van der Waals surface area contributed by atoms with Crippen LogP contribution in [-0.2, 0) is 7.05 Å². The molecule has 4 atom stereocenters. The topological polar surface area (TPSA) is 63.3 Å². The van der Waals surface area contributed by atoms with Gasteiger partial charge in [0.25, 0.3) is 5.91 Å². The van der Waals surface area contributed by atoms with Crippen LogP contribution in [0.1, 0.15) is 40.4 Å². The van der Waals surface area contributed by atoms with Crippen LogP contribution in [0.2, 0.25) is 0 Å². The molecule has 3 aromatic rings. The smallest absolute Gasteiger partial charge is 0.251 e. The van der Waals surface area contributed by atoms with E-state index in [1.165, 1.54) is 17.7 Å². The SMILES string of the molecule is Cc1ccc(C(=O)NCC2CC3CCN2CC3c2cc(-c3ccco3)nn2C)cc1. The predicted molar refractivity (Wildman–Crippen MR) is 115 cm³/mol.